The summed E-state index contributed by atoms with van der Waals surface area (Å²) in [6, 6.07) is 7.33. The van der Waals surface area contributed by atoms with Crippen LogP contribution in [0.15, 0.2) is 29.2 Å². The average molecular weight is 198 g/mol. The molecule has 4 heteroatoms. The monoisotopic (exact) mass is 198 g/mol. The number of carboxylic acid groups (broad SMARTS) is 1. The zero-order valence-electron chi connectivity index (χ0n) is 7.19. The standard InChI is InChI=1S/C9H10O3S/c1-13-8-4-2-3-7(5-8)12-6-9(10)11/h2-5H,6H2,1H3,(H,10,11). The van der Waals surface area contributed by atoms with Crippen LogP contribution in [0, 0.1) is 0 Å². The van der Waals surface area contributed by atoms with E-state index in [-0.39, 0.29) is 6.61 Å². The van der Waals surface area contributed by atoms with Gasteiger partial charge in [0.1, 0.15) is 5.75 Å². The molecule has 0 bridgehead atoms. The van der Waals surface area contributed by atoms with Gasteiger partial charge in [-0.15, -0.1) is 11.8 Å². The summed E-state index contributed by atoms with van der Waals surface area (Å²) in [5.74, 6) is -0.371. The number of ether oxygens (including phenoxy) is 1. The quantitative estimate of drug-likeness (QED) is 0.750. The molecule has 1 rings (SSSR count). The average Bonchev–Trinajstić information content (AvgIpc) is 2.15. The minimum absolute atomic E-state index is 0.294. The van der Waals surface area contributed by atoms with Gasteiger partial charge in [0.2, 0.25) is 0 Å². The van der Waals surface area contributed by atoms with Gasteiger partial charge in [-0.05, 0) is 24.5 Å². The third kappa shape index (κ3) is 3.38. The first-order valence-corrected chi connectivity index (χ1v) is 4.93. The van der Waals surface area contributed by atoms with Crippen LogP contribution in [-0.2, 0) is 4.79 Å². The molecule has 0 radical (unpaired) electrons. The van der Waals surface area contributed by atoms with Crippen molar-refractivity contribution in [2.75, 3.05) is 12.9 Å². The zero-order chi connectivity index (χ0) is 9.68. The molecule has 1 aromatic carbocycles. The van der Waals surface area contributed by atoms with E-state index in [0.29, 0.717) is 5.75 Å². The van der Waals surface area contributed by atoms with Crippen molar-refractivity contribution in [2.24, 2.45) is 0 Å². The summed E-state index contributed by atoms with van der Waals surface area (Å²) in [4.78, 5) is 11.3. The minimum Gasteiger partial charge on any atom is -0.482 e. The van der Waals surface area contributed by atoms with E-state index in [1.54, 1.807) is 17.8 Å². The molecule has 0 atom stereocenters. The number of rotatable bonds is 4. The van der Waals surface area contributed by atoms with Gasteiger partial charge in [0.25, 0.3) is 0 Å². The Labute approximate surface area is 80.7 Å². The van der Waals surface area contributed by atoms with Gasteiger partial charge < -0.3 is 9.84 Å². The summed E-state index contributed by atoms with van der Waals surface area (Å²) in [7, 11) is 0. The van der Waals surface area contributed by atoms with Gasteiger partial charge in [-0.3, -0.25) is 0 Å². The van der Waals surface area contributed by atoms with Gasteiger partial charge in [-0.1, -0.05) is 6.07 Å². The lowest BCUT2D eigenvalue weighted by molar-refractivity contribution is -0.139. The van der Waals surface area contributed by atoms with Crippen molar-refractivity contribution in [1.82, 2.24) is 0 Å². The first-order valence-electron chi connectivity index (χ1n) is 3.71. The fourth-order valence-corrected chi connectivity index (χ4v) is 1.28. The van der Waals surface area contributed by atoms with Crippen LogP contribution in [0.4, 0.5) is 0 Å². The molecule has 0 aliphatic heterocycles. The van der Waals surface area contributed by atoms with Gasteiger partial charge in [-0.2, -0.15) is 0 Å². The third-order valence-corrected chi connectivity index (χ3v) is 2.13. The molecule has 0 fully saturated rings. The van der Waals surface area contributed by atoms with Crippen LogP contribution in [0.3, 0.4) is 0 Å². The van der Waals surface area contributed by atoms with Crippen LogP contribution in [0.25, 0.3) is 0 Å². The highest BCUT2D eigenvalue weighted by molar-refractivity contribution is 7.98. The molecular weight excluding hydrogens is 188 g/mol. The minimum atomic E-state index is -0.963. The lowest BCUT2D eigenvalue weighted by Gasteiger charge is -2.03. The SMILES string of the molecule is CSc1cccc(OCC(=O)O)c1. The highest BCUT2D eigenvalue weighted by Gasteiger charge is 1.99. The summed E-state index contributed by atoms with van der Waals surface area (Å²) in [6.45, 7) is -0.294. The largest absolute Gasteiger partial charge is 0.482 e. The van der Waals surface area contributed by atoms with Crippen molar-refractivity contribution in [3.63, 3.8) is 0 Å². The first-order chi connectivity index (χ1) is 6.22. The lowest BCUT2D eigenvalue weighted by Crippen LogP contribution is -2.09. The molecule has 0 aliphatic carbocycles. The maximum Gasteiger partial charge on any atom is 0.341 e. The zero-order valence-corrected chi connectivity index (χ0v) is 8.00. The smallest absolute Gasteiger partial charge is 0.341 e. The number of carbonyl (C=O) groups is 1. The predicted octanol–water partition coefficient (Wildman–Crippen LogP) is 1.87. The predicted molar refractivity (Wildman–Crippen MR) is 51.4 cm³/mol. The molecule has 0 unspecified atom stereocenters. The van der Waals surface area contributed by atoms with E-state index in [1.807, 2.05) is 24.5 Å². The number of thioether (sulfide) groups is 1. The summed E-state index contributed by atoms with van der Waals surface area (Å²) in [5.41, 5.74) is 0. The summed E-state index contributed by atoms with van der Waals surface area (Å²) >= 11 is 1.59. The van der Waals surface area contributed by atoms with Crippen molar-refractivity contribution in [3.8, 4) is 5.75 Å². The second kappa shape index (κ2) is 4.77. The maximum atomic E-state index is 10.2. The van der Waals surface area contributed by atoms with E-state index < -0.39 is 5.97 Å². The summed E-state index contributed by atoms with van der Waals surface area (Å²) in [5, 5.41) is 8.37. The molecule has 0 saturated heterocycles. The van der Waals surface area contributed by atoms with Crippen molar-refractivity contribution in [1.29, 1.82) is 0 Å². The van der Waals surface area contributed by atoms with E-state index in [2.05, 4.69) is 0 Å². The molecule has 0 amide bonds. The highest BCUT2D eigenvalue weighted by atomic mass is 32.2. The Bertz CT molecular complexity index is 299. The van der Waals surface area contributed by atoms with Crippen molar-refractivity contribution in [2.45, 2.75) is 4.90 Å². The fraction of sp³-hybridized carbons (Fsp3) is 0.222. The van der Waals surface area contributed by atoms with Crippen LogP contribution in [0.1, 0.15) is 0 Å². The topological polar surface area (TPSA) is 46.5 Å². The molecular formula is C9H10O3S. The van der Waals surface area contributed by atoms with Gasteiger partial charge in [0.05, 0.1) is 0 Å². The van der Waals surface area contributed by atoms with Crippen molar-refractivity contribution in [3.05, 3.63) is 24.3 Å². The van der Waals surface area contributed by atoms with E-state index in [1.165, 1.54) is 0 Å². The molecule has 0 saturated carbocycles. The van der Waals surface area contributed by atoms with E-state index >= 15 is 0 Å². The number of hydrogen-bond acceptors (Lipinski definition) is 3. The second-order valence-electron chi connectivity index (χ2n) is 2.36. The molecule has 3 nitrogen and oxygen atoms in total. The number of carboxylic acids is 1. The molecule has 1 aromatic rings. The summed E-state index contributed by atoms with van der Waals surface area (Å²) < 4.78 is 5.00. The molecule has 0 aromatic heterocycles. The molecule has 0 aliphatic rings. The van der Waals surface area contributed by atoms with Crippen LogP contribution in [-0.4, -0.2) is 23.9 Å². The van der Waals surface area contributed by atoms with Crippen LogP contribution < -0.4 is 4.74 Å². The lowest BCUT2D eigenvalue weighted by atomic mass is 10.3. The Morgan fingerprint density at radius 2 is 2.38 bits per heavy atom. The van der Waals surface area contributed by atoms with E-state index in [9.17, 15) is 4.79 Å². The fourth-order valence-electron chi connectivity index (χ4n) is 0.836. The van der Waals surface area contributed by atoms with Crippen LogP contribution >= 0.6 is 11.8 Å². The molecule has 0 spiro atoms. The molecule has 70 valence electrons. The van der Waals surface area contributed by atoms with Crippen LogP contribution in [0.5, 0.6) is 5.75 Å². The van der Waals surface area contributed by atoms with Crippen LogP contribution in [0.2, 0.25) is 0 Å². The first kappa shape index (κ1) is 9.92. The van der Waals surface area contributed by atoms with Gasteiger partial charge in [-0.25, -0.2) is 4.79 Å². The Hall–Kier alpha value is -1.16. The number of benzene rings is 1. The number of hydrogen-bond donors (Lipinski definition) is 1. The van der Waals surface area contributed by atoms with Gasteiger partial charge in [0.15, 0.2) is 6.61 Å². The van der Waals surface area contributed by atoms with Gasteiger partial charge >= 0.3 is 5.97 Å². The Morgan fingerprint density at radius 1 is 1.62 bits per heavy atom. The Morgan fingerprint density at radius 3 is 3.00 bits per heavy atom. The molecule has 0 heterocycles. The number of aliphatic carboxylic acids is 1. The molecule has 1 N–H and O–H groups in total. The molecule has 13 heavy (non-hydrogen) atoms. The maximum absolute atomic E-state index is 10.2. The van der Waals surface area contributed by atoms with Gasteiger partial charge in [0, 0.05) is 4.90 Å². The normalized spacial score (nSPS) is 9.62. The van der Waals surface area contributed by atoms with Crippen molar-refractivity contribution < 1.29 is 14.6 Å². The van der Waals surface area contributed by atoms with E-state index in [0.717, 1.165) is 4.90 Å². The van der Waals surface area contributed by atoms with Crippen molar-refractivity contribution >= 4 is 17.7 Å². The third-order valence-electron chi connectivity index (χ3n) is 1.40. The second-order valence-corrected chi connectivity index (χ2v) is 3.24. The Balaban J connectivity index is 2.61. The Kier molecular flexibility index (Phi) is 3.64. The van der Waals surface area contributed by atoms with E-state index in [4.69, 9.17) is 9.84 Å². The highest BCUT2D eigenvalue weighted by Crippen LogP contribution is 2.20. The summed E-state index contributed by atoms with van der Waals surface area (Å²) in [6.07, 6.45) is 1.95.